The average molecular weight is 289 g/mol. The summed E-state index contributed by atoms with van der Waals surface area (Å²) in [6.45, 7) is 4.24. The Kier molecular flexibility index (Phi) is 6.98. The maximum atomic E-state index is 11.2. The largest absolute Gasteiger partial charge is 0.493 e. The molecule has 0 bridgehead atoms. The first-order chi connectivity index (χ1) is 8.58. The van der Waals surface area contributed by atoms with Crippen LogP contribution in [0.15, 0.2) is 24.3 Å². The van der Waals surface area contributed by atoms with E-state index < -0.39 is 0 Å². The molecule has 0 aliphatic rings. The fourth-order valence-electron chi connectivity index (χ4n) is 1.20. The van der Waals surface area contributed by atoms with Crippen LogP contribution in [-0.2, 0) is 9.53 Å². The van der Waals surface area contributed by atoms with Gasteiger partial charge in [0.05, 0.1) is 18.5 Å². The predicted octanol–water partition coefficient (Wildman–Crippen LogP) is 3.40. The quantitative estimate of drug-likeness (QED) is 0.569. The van der Waals surface area contributed by atoms with Gasteiger partial charge in [-0.3, -0.25) is 4.79 Å². The summed E-state index contributed by atoms with van der Waals surface area (Å²) in [5.74, 6) is 1.71. The summed E-state index contributed by atoms with van der Waals surface area (Å²) >= 11 is 7.26. The standard InChI is InChI=1S/C13H17ClO3S/c1-10(2)17-13(15)9-18-8-7-16-12-5-3-11(14)4-6-12/h3-6,10H,7-9H2,1-2H3. The first kappa shape index (κ1) is 15.2. The van der Waals surface area contributed by atoms with Gasteiger partial charge in [0.15, 0.2) is 0 Å². The van der Waals surface area contributed by atoms with E-state index in [-0.39, 0.29) is 12.1 Å². The third-order valence-electron chi connectivity index (χ3n) is 1.90. The molecule has 0 N–H and O–H groups in total. The molecule has 0 aliphatic carbocycles. The lowest BCUT2D eigenvalue weighted by Crippen LogP contribution is -2.14. The van der Waals surface area contributed by atoms with E-state index in [9.17, 15) is 4.79 Å². The summed E-state index contributed by atoms with van der Waals surface area (Å²) in [4.78, 5) is 11.2. The van der Waals surface area contributed by atoms with E-state index in [0.717, 1.165) is 11.5 Å². The van der Waals surface area contributed by atoms with Gasteiger partial charge in [0.1, 0.15) is 5.75 Å². The molecule has 100 valence electrons. The van der Waals surface area contributed by atoms with Crippen molar-refractivity contribution in [3.63, 3.8) is 0 Å². The van der Waals surface area contributed by atoms with Crippen LogP contribution < -0.4 is 4.74 Å². The lowest BCUT2D eigenvalue weighted by atomic mass is 10.3. The van der Waals surface area contributed by atoms with Gasteiger partial charge in [-0.15, -0.1) is 11.8 Å². The Hall–Kier alpha value is -0.870. The van der Waals surface area contributed by atoms with Gasteiger partial charge in [0.25, 0.3) is 0 Å². The number of hydrogen-bond donors (Lipinski definition) is 0. The van der Waals surface area contributed by atoms with Gasteiger partial charge >= 0.3 is 5.97 Å². The molecular formula is C13H17ClO3S. The topological polar surface area (TPSA) is 35.5 Å². The fraction of sp³-hybridized carbons (Fsp3) is 0.462. The minimum atomic E-state index is -0.179. The molecule has 0 heterocycles. The molecule has 18 heavy (non-hydrogen) atoms. The summed E-state index contributed by atoms with van der Waals surface area (Å²) in [6, 6.07) is 7.20. The number of rotatable bonds is 7. The van der Waals surface area contributed by atoms with Crippen LogP contribution in [0.25, 0.3) is 0 Å². The third kappa shape index (κ3) is 6.77. The first-order valence-electron chi connectivity index (χ1n) is 5.73. The van der Waals surface area contributed by atoms with Crippen molar-refractivity contribution >= 4 is 29.3 Å². The van der Waals surface area contributed by atoms with Gasteiger partial charge in [-0.25, -0.2) is 0 Å². The van der Waals surface area contributed by atoms with Gasteiger partial charge in [-0.2, -0.15) is 0 Å². The molecule has 0 unspecified atom stereocenters. The molecule has 0 radical (unpaired) electrons. The Balaban J connectivity index is 2.08. The Morgan fingerprint density at radius 2 is 2.00 bits per heavy atom. The molecule has 5 heteroatoms. The summed E-state index contributed by atoms with van der Waals surface area (Å²) in [7, 11) is 0. The van der Waals surface area contributed by atoms with Crippen molar-refractivity contribution in [3.8, 4) is 5.75 Å². The molecule has 0 spiro atoms. The van der Waals surface area contributed by atoms with Gasteiger partial charge < -0.3 is 9.47 Å². The molecule has 1 aromatic rings. The van der Waals surface area contributed by atoms with E-state index in [2.05, 4.69) is 0 Å². The van der Waals surface area contributed by atoms with Gasteiger partial charge in [-0.05, 0) is 38.1 Å². The van der Waals surface area contributed by atoms with E-state index in [1.165, 1.54) is 11.8 Å². The number of carbonyl (C=O) groups excluding carboxylic acids is 1. The summed E-state index contributed by atoms with van der Waals surface area (Å²) in [5.41, 5.74) is 0. The number of benzene rings is 1. The molecule has 0 fully saturated rings. The zero-order valence-electron chi connectivity index (χ0n) is 10.5. The second kappa shape index (κ2) is 8.27. The molecule has 1 rings (SSSR count). The number of hydrogen-bond acceptors (Lipinski definition) is 4. The monoisotopic (exact) mass is 288 g/mol. The summed E-state index contributed by atoms with van der Waals surface area (Å²) in [6.07, 6.45) is -0.0524. The highest BCUT2D eigenvalue weighted by Crippen LogP contribution is 2.15. The molecule has 0 saturated carbocycles. The maximum absolute atomic E-state index is 11.2. The molecule has 0 saturated heterocycles. The van der Waals surface area contributed by atoms with Crippen LogP contribution >= 0.6 is 23.4 Å². The number of ether oxygens (including phenoxy) is 2. The van der Waals surface area contributed by atoms with Crippen molar-refractivity contribution in [3.05, 3.63) is 29.3 Å². The van der Waals surface area contributed by atoms with E-state index >= 15 is 0 Å². The second-order valence-corrected chi connectivity index (χ2v) is 5.44. The first-order valence-corrected chi connectivity index (χ1v) is 7.27. The van der Waals surface area contributed by atoms with Crippen molar-refractivity contribution in [2.45, 2.75) is 20.0 Å². The molecule has 0 aliphatic heterocycles. The minimum absolute atomic E-state index is 0.0524. The van der Waals surface area contributed by atoms with Crippen LogP contribution in [0.5, 0.6) is 5.75 Å². The SMILES string of the molecule is CC(C)OC(=O)CSCCOc1ccc(Cl)cc1. The smallest absolute Gasteiger partial charge is 0.316 e. The summed E-state index contributed by atoms with van der Waals surface area (Å²) in [5, 5.41) is 0.688. The lowest BCUT2D eigenvalue weighted by Gasteiger charge is -2.08. The van der Waals surface area contributed by atoms with E-state index in [1.54, 1.807) is 12.1 Å². The van der Waals surface area contributed by atoms with E-state index in [4.69, 9.17) is 21.1 Å². The molecule has 0 amide bonds. The van der Waals surface area contributed by atoms with E-state index in [0.29, 0.717) is 17.4 Å². The predicted molar refractivity (Wildman–Crippen MR) is 75.5 cm³/mol. The Morgan fingerprint density at radius 3 is 2.61 bits per heavy atom. The minimum Gasteiger partial charge on any atom is -0.493 e. The van der Waals surface area contributed by atoms with Crippen LogP contribution in [0.1, 0.15) is 13.8 Å². The number of thioether (sulfide) groups is 1. The average Bonchev–Trinajstić information content (AvgIpc) is 2.30. The van der Waals surface area contributed by atoms with Gasteiger partial charge in [0, 0.05) is 10.8 Å². The maximum Gasteiger partial charge on any atom is 0.316 e. The Labute approximate surface area is 117 Å². The van der Waals surface area contributed by atoms with Crippen LogP contribution in [0.4, 0.5) is 0 Å². The van der Waals surface area contributed by atoms with Crippen LogP contribution in [0.2, 0.25) is 5.02 Å². The molecule has 1 aromatic carbocycles. The summed E-state index contributed by atoms with van der Waals surface area (Å²) < 4.78 is 10.5. The highest BCUT2D eigenvalue weighted by Gasteiger charge is 2.05. The van der Waals surface area contributed by atoms with Gasteiger partial charge in [0.2, 0.25) is 0 Å². The van der Waals surface area contributed by atoms with Crippen molar-refractivity contribution in [2.75, 3.05) is 18.1 Å². The zero-order valence-corrected chi connectivity index (χ0v) is 12.1. The molecule has 0 atom stereocenters. The van der Waals surface area contributed by atoms with Crippen molar-refractivity contribution < 1.29 is 14.3 Å². The highest BCUT2D eigenvalue weighted by atomic mass is 35.5. The zero-order chi connectivity index (χ0) is 13.4. The van der Waals surface area contributed by atoms with E-state index in [1.807, 2.05) is 26.0 Å². The fourth-order valence-corrected chi connectivity index (χ4v) is 1.91. The third-order valence-corrected chi connectivity index (χ3v) is 3.04. The van der Waals surface area contributed by atoms with Crippen molar-refractivity contribution in [2.24, 2.45) is 0 Å². The van der Waals surface area contributed by atoms with Crippen LogP contribution in [0.3, 0.4) is 0 Å². The molecular weight excluding hydrogens is 272 g/mol. The normalized spacial score (nSPS) is 10.4. The number of esters is 1. The number of carbonyl (C=O) groups is 1. The van der Waals surface area contributed by atoms with Gasteiger partial charge in [-0.1, -0.05) is 11.6 Å². The number of halogens is 1. The Bertz CT molecular complexity index is 365. The Morgan fingerprint density at radius 1 is 1.33 bits per heavy atom. The van der Waals surface area contributed by atoms with Crippen molar-refractivity contribution in [1.82, 2.24) is 0 Å². The highest BCUT2D eigenvalue weighted by molar-refractivity contribution is 7.99. The molecule has 0 aromatic heterocycles. The molecule has 3 nitrogen and oxygen atoms in total. The van der Waals surface area contributed by atoms with Crippen LogP contribution in [0, 0.1) is 0 Å². The second-order valence-electron chi connectivity index (χ2n) is 3.89. The van der Waals surface area contributed by atoms with Crippen molar-refractivity contribution in [1.29, 1.82) is 0 Å². The van der Waals surface area contributed by atoms with Crippen LogP contribution in [-0.4, -0.2) is 30.2 Å². The lowest BCUT2D eigenvalue weighted by molar-refractivity contribution is -0.144.